The summed E-state index contributed by atoms with van der Waals surface area (Å²) >= 11 is 3.35. The SMILES string of the molecule is CN1C(=O)C(=NC(=O)OC(C)(C)C)COc2ccc(Br)cc21. The molecular formula is C15H17BrN2O4. The number of rotatable bonds is 0. The number of carbonyl (C=O) groups excluding carboxylic acids is 2. The van der Waals surface area contributed by atoms with Gasteiger partial charge in [-0.25, -0.2) is 4.79 Å². The Labute approximate surface area is 137 Å². The van der Waals surface area contributed by atoms with Crippen molar-refractivity contribution in [1.82, 2.24) is 0 Å². The molecule has 2 amide bonds. The summed E-state index contributed by atoms with van der Waals surface area (Å²) in [7, 11) is 1.60. The lowest BCUT2D eigenvalue weighted by Crippen LogP contribution is -2.35. The van der Waals surface area contributed by atoms with E-state index in [9.17, 15) is 9.59 Å². The standard InChI is InChI=1S/C15H17BrN2O4/c1-15(2,3)22-14(20)17-10-8-21-12-6-5-9(16)7-11(12)18(4)13(10)19/h5-7H,8H2,1-4H3. The second-order valence-corrected chi connectivity index (χ2v) is 6.72. The van der Waals surface area contributed by atoms with Gasteiger partial charge >= 0.3 is 6.09 Å². The maximum absolute atomic E-state index is 12.4. The first-order valence-electron chi connectivity index (χ1n) is 6.68. The van der Waals surface area contributed by atoms with Crippen molar-refractivity contribution >= 4 is 39.3 Å². The van der Waals surface area contributed by atoms with E-state index >= 15 is 0 Å². The van der Waals surface area contributed by atoms with E-state index < -0.39 is 17.6 Å². The molecule has 22 heavy (non-hydrogen) atoms. The highest BCUT2D eigenvalue weighted by Crippen LogP contribution is 2.32. The van der Waals surface area contributed by atoms with Crippen molar-refractivity contribution in [2.75, 3.05) is 18.6 Å². The van der Waals surface area contributed by atoms with Gasteiger partial charge < -0.3 is 14.4 Å². The molecule has 1 heterocycles. The molecule has 0 saturated carbocycles. The zero-order valence-corrected chi connectivity index (χ0v) is 14.4. The van der Waals surface area contributed by atoms with Crippen molar-refractivity contribution in [2.45, 2.75) is 26.4 Å². The normalized spacial score (nSPS) is 16.9. The first-order chi connectivity index (χ1) is 10.2. The molecule has 0 aromatic heterocycles. The van der Waals surface area contributed by atoms with E-state index in [1.807, 2.05) is 6.07 Å². The predicted molar refractivity (Wildman–Crippen MR) is 86.7 cm³/mol. The molecule has 0 bridgehead atoms. The molecule has 0 atom stereocenters. The molecule has 0 fully saturated rings. The maximum atomic E-state index is 12.4. The molecule has 0 spiro atoms. The van der Waals surface area contributed by atoms with Crippen molar-refractivity contribution < 1.29 is 19.1 Å². The highest BCUT2D eigenvalue weighted by molar-refractivity contribution is 9.10. The molecule has 1 aliphatic heterocycles. The van der Waals surface area contributed by atoms with Gasteiger partial charge in [0.05, 0.1) is 5.69 Å². The Bertz CT molecular complexity index is 649. The minimum Gasteiger partial charge on any atom is -0.485 e. The summed E-state index contributed by atoms with van der Waals surface area (Å²) in [4.78, 5) is 29.3. The average molecular weight is 369 g/mol. The van der Waals surface area contributed by atoms with Crippen LogP contribution in [0.5, 0.6) is 5.75 Å². The van der Waals surface area contributed by atoms with Gasteiger partial charge in [0.25, 0.3) is 5.91 Å². The van der Waals surface area contributed by atoms with Gasteiger partial charge in [0.1, 0.15) is 18.0 Å². The van der Waals surface area contributed by atoms with Crippen LogP contribution in [0.1, 0.15) is 20.8 Å². The lowest BCUT2D eigenvalue weighted by atomic mass is 10.2. The number of amides is 2. The molecule has 1 aromatic rings. The highest BCUT2D eigenvalue weighted by Gasteiger charge is 2.27. The van der Waals surface area contributed by atoms with E-state index in [0.29, 0.717) is 11.4 Å². The lowest BCUT2D eigenvalue weighted by molar-refractivity contribution is -0.112. The number of hydrogen-bond donors (Lipinski definition) is 0. The van der Waals surface area contributed by atoms with Crippen LogP contribution in [0.3, 0.4) is 0 Å². The van der Waals surface area contributed by atoms with Crippen LogP contribution < -0.4 is 9.64 Å². The van der Waals surface area contributed by atoms with Gasteiger partial charge in [-0.2, -0.15) is 4.99 Å². The molecule has 0 radical (unpaired) electrons. The molecule has 7 heteroatoms. The third-order valence-corrected chi connectivity index (χ3v) is 3.31. The smallest absolute Gasteiger partial charge is 0.434 e. The van der Waals surface area contributed by atoms with Gasteiger partial charge in [-0.3, -0.25) is 4.79 Å². The predicted octanol–water partition coefficient (Wildman–Crippen LogP) is 3.18. The van der Waals surface area contributed by atoms with Crippen LogP contribution >= 0.6 is 15.9 Å². The first-order valence-corrected chi connectivity index (χ1v) is 7.47. The molecule has 1 aliphatic rings. The Morgan fingerprint density at radius 3 is 2.73 bits per heavy atom. The van der Waals surface area contributed by atoms with Crippen molar-refractivity contribution in [3.63, 3.8) is 0 Å². The molecule has 2 rings (SSSR count). The van der Waals surface area contributed by atoms with Gasteiger partial charge in [0.2, 0.25) is 0 Å². The number of benzene rings is 1. The fourth-order valence-electron chi connectivity index (χ4n) is 1.86. The van der Waals surface area contributed by atoms with Crippen LogP contribution in [-0.2, 0) is 9.53 Å². The molecule has 1 aromatic carbocycles. The number of carbonyl (C=O) groups is 2. The second kappa shape index (κ2) is 6.08. The Kier molecular flexibility index (Phi) is 4.55. The third kappa shape index (κ3) is 3.85. The third-order valence-electron chi connectivity index (χ3n) is 2.82. The molecule has 118 valence electrons. The topological polar surface area (TPSA) is 68.2 Å². The fraction of sp³-hybridized carbons (Fsp3) is 0.400. The number of anilines is 1. The Morgan fingerprint density at radius 1 is 1.41 bits per heavy atom. The molecule has 0 unspecified atom stereocenters. The number of hydrogen-bond acceptors (Lipinski definition) is 4. The molecule has 0 N–H and O–H groups in total. The monoisotopic (exact) mass is 368 g/mol. The van der Waals surface area contributed by atoms with Gasteiger partial charge in [-0.1, -0.05) is 15.9 Å². The van der Waals surface area contributed by atoms with E-state index in [1.165, 1.54) is 4.90 Å². The number of aliphatic imine (C=N–C) groups is 1. The fourth-order valence-corrected chi connectivity index (χ4v) is 2.21. The van der Waals surface area contributed by atoms with E-state index in [4.69, 9.17) is 9.47 Å². The molecule has 0 aliphatic carbocycles. The first kappa shape index (κ1) is 16.5. The summed E-state index contributed by atoms with van der Waals surface area (Å²) < 4.78 is 11.5. The number of halogens is 1. The van der Waals surface area contributed by atoms with Crippen molar-refractivity contribution in [1.29, 1.82) is 0 Å². The summed E-state index contributed by atoms with van der Waals surface area (Å²) in [6, 6.07) is 5.33. The largest absolute Gasteiger partial charge is 0.485 e. The minimum atomic E-state index is -0.806. The zero-order chi connectivity index (χ0) is 16.5. The summed E-state index contributed by atoms with van der Waals surface area (Å²) in [6.07, 6.45) is -0.806. The molecular weight excluding hydrogens is 352 g/mol. The zero-order valence-electron chi connectivity index (χ0n) is 12.8. The number of nitrogens with zero attached hydrogens (tertiary/aromatic N) is 2. The van der Waals surface area contributed by atoms with E-state index in [0.717, 1.165) is 4.47 Å². The minimum absolute atomic E-state index is 0.00377. The van der Waals surface area contributed by atoms with Crippen LogP contribution in [0.2, 0.25) is 0 Å². The van der Waals surface area contributed by atoms with Crippen LogP contribution in [-0.4, -0.2) is 37.0 Å². The van der Waals surface area contributed by atoms with E-state index in [1.54, 1.807) is 40.0 Å². The second-order valence-electron chi connectivity index (χ2n) is 5.80. The van der Waals surface area contributed by atoms with Gasteiger partial charge in [-0.15, -0.1) is 0 Å². The number of fused-ring (bicyclic) bond motifs is 1. The van der Waals surface area contributed by atoms with Crippen LogP contribution in [0.4, 0.5) is 10.5 Å². The van der Waals surface area contributed by atoms with E-state index in [2.05, 4.69) is 20.9 Å². The van der Waals surface area contributed by atoms with Crippen LogP contribution in [0.15, 0.2) is 27.7 Å². The van der Waals surface area contributed by atoms with Crippen LogP contribution in [0.25, 0.3) is 0 Å². The van der Waals surface area contributed by atoms with Gasteiger partial charge in [0, 0.05) is 11.5 Å². The average Bonchev–Trinajstić information content (AvgIpc) is 2.50. The Morgan fingerprint density at radius 2 is 2.09 bits per heavy atom. The summed E-state index contributed by atoms with van der Waals surface area (Å²) in [6.45, 7) is 5.11. The molecule has 6 nitrogen and oxygen atoms in total. The lowest BCUT2D eigenvalue weighted by Gasteiger charge is -2.18. The van der Waals surface area contributed by atoms with Gasteiger partial charge in [0.15, 0.2) is 5.71 Å². The summed E-state index contributed by atoms with van der Waals surface area (Å²) in [5, 5.41) is 0. The van der Waals surface area contributed by atoms with Crippen molar-refractivity contribution in [2.24, 2.45) is 4.99 Å². The Hall–Kier alpha value is -1.89. The van der Waals surface area contributed by atoms with Crippen LogP contribution in [0, 0.1) is 0 Å². The van der Waals surface area contributed by atoms with E-state index in [-0.39, 0.29) is 12.3 Å². The maximum Gasteiger partial charge on any atom is 0.434 e. The molecule has 0 saturated heterocycles. The summed E-state index contributed by atoms with van der Waals surface area (Å²) in [5.41, 5.74) is -0.0620. The summed E-state index contributed by atoms with van der Waals surface area (Å²) in [5.74, 6) is 0.149. The van der Waals surface area contributed by atoms with Gasteiger partial charge in [-0.05, 0) is 39.0 Å². The van der Waals surface area contributed by atoms with Crippen molar-refractivity contribution in [3.8, 4) is 5.75 Å². The van der Waals surface area contributed by atoms with Crippen molar-refractivity contribution in [3.05, 3.63) is 22.7 Å². The highest BCUT2D eigenvalue weighted by atomic mass is 79.9. The number of ether oxygens (including phenoxy) is 2. The quantitative estimate of drug-likeness (QED) is 0.705. The Balaban J connectivity index is 2.28.